The van der Waals surface area contributed by atoms with Crippen LogP contribution < -0.4 is 11.3 Å². The first-order valence-electron chi connectivity index (χ1n) is 6.07. The Morgan fingerprint density at radius 3 is 2.50 bits per heavy atom. The van der Waals surface area contributed by atoms with Crippen molar-refractivity contribution >= 4 is 0 Å². The molecule has 0 aliphatic heterocycles. The third kappa shape index (κ3) is 2.66. The molecule has 1 aromatic carbocycles. The van der Waals surface area contributed by atoms with Crippen LogP contribution in [0.15, 0.2) is 18.3 Å². The smallest absolute Gasteiger partial charge is 0.134 e. The van der Waals surface area contributed by atoms with Crippen LogP contribution in [-0.4, -0.2) is 15.0 Å². The summed E-state index contributed by atoms with van der Waals surface area (Å²) in [5, 5.41) is 7.54. The average molecular weight is 285 g/mol. The molecule has 2 aromatic rings. The summed E-state index contributed by atoms with van der Waals surface area (Å²) < 4.78 is 42.1. The summed E-state index contributed by atoms with van der Waals surface area (Å²) >= 11 is 0. The molecule has 0 amide bonds. The molecule has 108 valence electrons. The van der Waals surface area contributed by atoms with Gasteiger partial charge in [-0.2, -0.15) is 0 Å². The van der Waals surface area contributed by atoms with Crippen LogP contribution in [-0.2, 0) is 6.54 Å². The molecule has 1 aromatic heterocycles. The van der Waals surface area contributed by atoms with Gasteiger partial charge in [0.05, 0.1) is 17.9 Å². The van der Waals surface area contributed by atoms with Gasteiger partial charge in [0, 0.05) is 24.2 Å². The Bertz CT molecular complexity index is 576. The highest BCUT2D eigenvalue weighted by atomic mass is 19.1. The van der Waals surface area contributed by atoms with E-state index in [4.69, 9.17) is 5.84 Å². The molecule has 0 fully saturated rings. The molecule has 2 rings (SSSR count). The van der Waals surface area contributed by atoms with Crippen LogP contribution in [0.3, 0.4) is 0 Å². The Balaban J connectivity index is 2.50. The summed E-state index contributed by atoms with van der Waals surface area (Å²) in [6.45, 7) is 2.45. The summed E-state index contributed by atoms with van der Waals surface area (Å²) in [6.07, 6.45) is 2.13. The lowest BCUT2D eigenvalue weighted by molar-refractivity contribution is 0.464. The number of benzene rings is 1. The maximum absolute atomic E-state index is 13.8. The molecule has 1 unspecified atom stereocenters. The second-order valence-corrected chi connectivity index (χ2v) is 4.26. The van der Waals surface area contributed by atoms with Crippen LogP contribution in [0.1, 0.15) is 30.6 Å². The second-order valence-electron chi connectivity index (χ2n) is 4.26. The van der Waals surface area contributed by atoms with Gasteiger partial charge in [-0.1, -0.05) is 12.1 Å². The molecule has 5 nitrogen and oxygen atoms in total. The SMILES string of the molecule is CCCn1nncc1C(NN)c1c(F)cc(F)cc1F. The van der Waals surface area contributed by atoms with Gasteiger partial charge in [0.15, 0.2) is 0 Å². The highest BCUT2D eigenvalue weighted by Crippen LogP contribution is 2.26. The molecule has 20 heavy (non-hydrogen) atoms. The van der Waals surface area contributed by atoms with Gasteiger partial charge >= 0.3 is 0 Å². The second kappa shape index (κ2) is 6.02. The number of nitrogens with two attached hydrogens (primary N) is 1. The summed E-state index contributed by atoms with van der Waals surface area (Å²) in [4.78, 5) is 0. The molecule has 0 aliphatic rings. The van der Waals surface area contributed by atoms with Crippen molar-refractivity contribution in [3.05, 3.63) is 47.0 Å². The minimum atomic E-state index is -1.02. The monoisotopic (exact) mass is 285 g/mol. The molecule has 0 bridgehead atoms. The first-order chi connectivity index (χ1) is 9.58. The van der Waals surface area contributed by atoms with Gasteiger partial charge in [-0.25, -0.2) is 23.3 Å². The number of hydrogen-bond donors (Lipinski definition) is 2. The normalized spacial score (nSPS) is 12.7. The predicted octanol–water partition coefficient (Wildman–Crippen LogP) is 1.66. The molecule has 1 heterocycles. The third-order valence-electron chi connectivity index (χ3n) is 2.88. The lowest BCUT2D eigenvalue weighted by Gasteiger charge is -2.18. The van der Waals surface area contributed by atoms with Crippen molar-refractivity contribution in [2.75, 3.05) is 0 Å². The maximum atomic E-state index is 13.8. The van der Waals surface area contributed by atoms with E-state index in [2.05, 4.69) is 15.7 Å². The molecule has 0 saturated heterocycles. The van der Waals surface area contributed by atoms with E-state index in [0.717, 1.165) is 6.42 Å². The van der Waals surface area contributed by atoms with Crippen LogP contribution in [0, 0.1) is 17.5 Å². The van der Waals surface area contributed by atoms with Gasteiger partial charge in [0.2, 0.25) is 0 Å². The first-order valence-corrected chi connectivity index (χ1v) is 6.07. The first kappa shape index (κ1) is 14.5. The van der Waals surface area contributed by atoms with E-state index in [1.165, 1.54) is 10.9 Å². The van der Waals surface area contributed by atoms with Crippen molar-refractivity contribution in [1.82, 2.24) is 20.4 Å². The lowest BCUT2D eigenvalue weighted by Crippen LogP contribution is -2.32. The van der Waals surface area contributed by atoms with Crippen LogP contribution >= 0.6 is 0 Å². The maximum Gasteiger partial charge on any atom is 0.134 e. The minimum absolute atomic E-state index is 0.367. The zero-order chi connectivity index (χ0) is 14.7. The fraction of sp³-hybridized carbons (Fsp3) is 0.333. The van der Waals surface area contributed by atoms with Gasteiger partial charge in [-0.05, 0) is 6.42 Å². The standard InChI is InChI=1S/C12H14F3N5/c1-2-3-20-10(6-17-19-20)12(18-16)11-8(14)4-7(13)5-9(11)15/h4-6,12,18H,2-3,16H2,1H3. The molecule has 8 heteroatoms. The lowest BCUT2D eigenvalue weighted by atomic mass is 10.0. The van der Waals surface area contributed by atoms with Crippen molar-refractivity contribution in [3.63, 3.8) is 0 Å². The van der Waals surface area contributed by atoms with E-state index in [-0.39, 0.29) is 5.56 Å². The number of aromatic nitrogens is 3. The topological polar surface area (TPSA) is 68.8 Å². The summed E-state index contributed by atoms with van der Waals surface area (Å²) in [5.41, 5.74) is 2.35. The molecule has 0 radical (unpaired) electrons. The van der Waals surface area contributed by atoms with Crippen molar-refractivity contribution in [2.24, 2.45) is 5.84 Å². The quantitative estimate of drug-likeness (QED) is 0.647. The van der Waals surface area contributed by atoms with Gasteiger partial charge in [0.25, 0.3) is 0 Å². The average Bonchev–Trinajstić information content (AvgIpc) is 2.82. The van der Waals surface area contributed by atoms with Gasteiger partial charge in [-0.3, -0.25) is 5.84 Å². The molecular weight excluding hydrogens is 271 g/mol. The van der Waals surface area contributed by atoms with Gasteiger partial charge < -0.3 is 0 Å². The Hall–Kier alpha value is -1.93. The number of nitrogens with one attached hydrogen (secondary N) is 1. The van der Waals surface area contributed by atoms with Gasteiger partial charge in [0.1, 0.15) is 17.5 Å². The molecule has 0 spiro atoms. The Kier molecular flexibility index (Phi) is 4.35. The zero-order valence-corrected chi connectivity index (χ0v) is 10.8. The van der Waals surface area contributed by atoms with Crippen molar-refractivity contribution < 1.29 is 13.2 Å². The number of nitrogens with zero attached hydrogens (tertiary/aromatic N) is 3. The number of aryl methyl sites for hydroxylation is 1. The molecule has 0 saturated carbocycles. The van der Waals surface area contributed by atoms with E-state index in [1.54, 1.807) is 0 Å². The Labute approximate surface area is 113 Å². The Morgan fingerprint density at radius 1 is 1.30 bits per heavy atom. The molecular formula is C12H14F3N5. The fourth-order valence-corrected chi connectivity index (χ4v) is 2.02. The van der Waals surface area contributed by atoms with Crippen LogP contribution in [0.25, 0.3) is 0 Å². The zero-order valence-electron chi connectivity index (χ0n) is 10.8. The van der Waals surface area contributed by atoms with E-state index in [9.17, 15) is 13.2 Å². The molecule has 1 atom stereocenters. The summed E-state index contributed by atoms with van der Waals surface area (Å²) in [7, 11) is 0. The summed E-state index contributed by atoms with van der Waals surface area (Å²) in [6, 6.07) is 0.213. The van der Waals surface area contributed by atoms with Crippen molar-refractivity contribution in [3.8, 4) is 0 Å². The van der Waals surface area contributed by atoms with Crippen LogP contribution in [0.5, 0.6) is 0 Å². The molecule has 0 aliphatic carbocycles. The number of hydrogen-bond acceptors (Lipinski definition) is 4. The number of hydrazine groups is 1. The van der Waals surface area contributed by atoms with Crippen LogP contribution in [0.2, 0.25) is 0 Å². The van der Waals surface area contributed by atoms with E-state index >= 15 is 0 Å². The number of rotatable bonds is 5. The van der Waals surface area contributed by atoms with Gasteiger partial charge in [-0.15, -0.1) is 5.10 Å². The van der Waals surface area contributed by atoms with Crippen molar-refractivity contribution in [1.29, 1.82) is 0 Å². The Morgan fingerprint density at radius 2 is 1.95 bits per heavy atom. The highest BCUT2D eigenvalue weighted by molar-refractivity contribution is 5.30. The molecule has 3 N–H and O–H groups in total. The third-order valence-corrected chi connectivity index (χ3v) is 2.88. The van der Waals surface area contributed by atoms with E-state index < -0.39 is 23.5 Å². The van der Waals surface area contributed by atoms with E-state index in [0.29, 0.717) is 24.4 Å². The largest absolute Gasteiger partial charge is 0.271 e. The van der Waals surface area contributed by atoms with E-state index in [1.807, 2.05) is 6.92 Å². The predicted molar refractivity (Wildman–Crippen MR) is 65.8 cm³/mol. The van der Waals surface area contributed by atoms with Crippen LogP contribution in [0.4, 0.5) is 13.2 Å². The highest BCUT2D eigenvalue weighted by Gasteiger charge is 2.25. The number of halogens is 3. The summed E-state index contributed by atoms with van der Waals surface area (Å²) in [5.74, 6) is 2.37. The van der Waals surface area contributed by atoms with Crippen molar-refractivity contribution in [2.45, 2.75) is 25.9 Å². The fourth-order valence-electron chi connectivity index (χ4n) is 2.02. The minimum Gasteiger partial charge on any atom is -0.271 e.